The Morgan fingerprint density at radius 2 is 1.73 bits per heavy atom. The highest BCUT2D eigenvalue weighted by Gasteiger charge is 2.46. The number of ketones is 1. The predicted octanol–water partition coefficient (Wildman–Crippen LogP) is 5.24. The summed E-state index contributed by atoms with van der Waals surface area (Å²) in [4.78, 5) is 27.7. The van der Waals surface area contributed by atoms with Gasteiger partial charge in [0.2, 0.25) is 0 Å². The number of halogens is 1. The molecule has 6 heteroatoms. The molecule has 33 heavy (non-hydrogen) atoms. The number of nitrogens with zero attached hydrogens (tertiary/aromatic N) is 1. The fraction of sp³-hybridized carbons (Fsp3) is 0.185. The summed E-state index contributed by atoms with van der Waals surface area (Å²) in [6.45, 7) is 2.72. The van der Waals surface area contributed by atoms with Gasteiger partial charge in [0.25, 0.3) is 11.7 Å². The molecule has 0 saturated carbocycles. The van der Waals surface area contributed by atoms with Gasteiger partial charge >= 0.3 is 0 Å². The molecule has 1 amide bonds. The normalized spacial score (nSPS) is 17.4. The molecule has 3 aromatic rings. The summed E-state index contributed by atoms with van der Waals surface area (Å²) in [5.74, 6) is -1.67. The monoisotopic (exact) mass is 445 g/mol. The average molecular weight is 445 g/mol. The third-order valence-electron chi connectivity index (χ3n) is 5.50. The minimum atomic E-state index is -0.819. The summed E-state index contributed by atoms with van der Waals surface area (Å²) < 4.78 is 19.2. The molecule has 5 nitrogen and oxygen atoms in total. The maximum atomic E-state index is 13.4. The van der Waals surface area contributed by atoms with Crippen LogP contribution < -0.4 is 4.74 Å². The van der Waals surface area contributed by atoms with Crippen molar-refractivity contribution in [3.8, 4) is 5.75 Å². The molecule has 1 atom stereocenters. The summed E-state index contributed by atoms with van der Waals surface area (Å²) in [6.07, 6.45) is 0.835. The van der Waals surface area contributed by atoms with Crippen LogP contribution in [0.4, 0.5) is 4.39 Å². The molecular weight excluding hydrogens is 421 g/mol. The smallest absolute Gasteiger partial charge is 0.295 e. The van der Waals surface area contributed by atoms with Gasteiger partial charge in [-0.05, 0) is 53.9 Å². The Morgan fingerprint density at radius 1 is 1.00 bits per heavy atom. The highest BCUT2D eigenvalue weighted by molar-refractivity contribution is 6.46. The van der Waals surface area contributed by atoms with E-state index in [9.17, 15) is 19.1 Å². The highest BCUT2D eigenvalue weighted by atomic mass is 19.1. The molecule has 0 spiro atoms. The van der Waals surface area contributed by atoms with Crippen molar-refractivity contribution in [2.24, 2.45) is 0 Å². The van der Waals surface area contributed by atoms with E-state index in [1.165, 1.54) is 29.2 Å². The van der Waals surface area contributed by atoms with Crippen molar-refractivity contribution in [1.82, 2.24) is 4.90 Å². The first-order valence-electron chi connectivity index (χ1n) is 10.8. The van der Waals surface area contributed by atoms with Crippen molar-refractivity contribution in [3.63, 3.8) is 0 Å². The Labute approximate surface area is 191 Å². The van der Waals surface area contributed by atoms with Gasteiger partial charge in [-0.3, -0.25) is 9.59 Å². The second-order valence-electron chi connectivity index (χ2n) is 7.84. The number of hydrogen-bond acceptors (Lipinski definition) is 4. The number of Topliss-reactive ketones (excluding diaryl/α,β-unsaturated/α-hetero) is 1. The molecule has 1 unspecified atom stereocenters. The molecule has 1 saturated heterocycles. The lowest BCUT2D eigenvalue weighted by Gasteiger charge is -2.26. The van der Waals surface area contributed by atoms with E-state index in [2.05, 4.69) is 0 Å². The molecule has 0 bridgehead atoms. The minimum Gasteiger partial charge on any atom is -0.507 e. The second kappa shape index (κ2) is 9.69. The van der Waals surface area contributed by atoms with Crippen LogP contribution >= 0.6 is 0 Å². The lowest BCUT2D eigenvalue weighted by Crippen LogP contribution is -2.29. The van der Waals surface area contributed by atoms with Gasteiger partial charge in [-0.1, -0.05) is 49.4 Å². The number of rotatable bonds is 7. The van der Waals surface area contributed by atoms with Crippen LogP contribution in [0.25, 0.3) is 5.76 Å². The van der Waals surface area contributed by atoms with Crippen LogP contribution in [0.15, 0.2) is 84.4 Å². The van der Waals surface area contributed by atoms with Gasteiger partial charge in [0.15, 0.2) is 0 Å². The Balaban J connectivity index is 1.84. The van der Waals surface area contributed by atoms with E-state index in [4.69, 9.17) is 4.74 Å². The van der Waals surface area contributed by atoms with Crippen molar-refractivity contribution < 1.29 is 23.8 Å². The fourth-order valence-corrected chi connectivity index (χ4v) is 3.93. The minimum absolute atomic E-state index is 0.0322. The average Bonchev–Trinajstić information content (AvgIpc) is 3.08. The zero-order valence-corrected chi connectivity index (χ0v) is 18.2. The third-order valence-corrected chi connectivity index (χ3v) is 5.50. The molecule has 0 aromatic heterocycles. The highest BCUT2D eigenvalue weighted by Crippen LogP contribution is 2.41. The first-order chi connectivity index (χ1) is 16.0. The number of ether oxygens (including phenoxy) is 1. The first-order valence-corrected chi connectivity index (χ1v) is 10.8. The number of carbonyl (C=O) groups is 2. The van der Waals surface area contributed by atoms with Gasteiger partial charge in [0.05, 0.1) is 18.2 Å². The van der Waals surface area contributed by atoms with Gasteiger partial charge in [0.1, 0.15) is 17.3 Å². The van der Waals surface area contributed by atoms with Crippen molar-refractivity contribution in [2.75, 3.05) is 6.61 Å². The van der Waals surface area contributed by atoms with Gasteiger partial charge in [-0.25, -0.2) is 4.39 Å². The quantitative estimate of drug-likeness (QED) is 0.307. The molecular formula is C27H24FNO4. The van der Waals surface area contributed by atoms with Crippen molar-refractivity contribution in [3.05, 3.63) is 107 Å². The van der Waals surface area contributed by atoms with Crippen LogP contribution in [0.3, 0.4) is 0 Å². The molecule has 1 aliphatic heterocycles. The molecule has 1 aliphatic rings. The van der Waals surface area contributed by atoms with Crippen LogP contribution in [0, 0.1) is 5.82 Å². The Kier molecular flexibility index (Phi) is 6.54. The Hall–Kier alpha value is -3.93. The van der Waals surface area contributed by atoms with Crippen LogP contribution in [0.1, 0.15) is 36.1 Å². The number of aliphatic hydroxyl groups excluding tert-OH is 1. The summed E-state index contributed by atoms with van der Waals surface area (Å²) >= 11 is 0. The zero-order valence-electron chi connectivity index (χ0n) is 18.2. The molecule has 1 fully saturated rings. The van der Waals surface area contributed by atoms with Crippen LogP contribution in [-0.2, 0) is 16.1 Å². The maximum absolute atomic E-state index is 13.4. The molecule has 0 radical (unpaired) electrons. The summed E-state index contributed by atoms with van der Waals surface area (Å²) in [5, 5.41) is 11.1. The predicted molar refractivity (Wildman–Crippen MR) is 123 cm³/mol. The number of aliphatic hydroxyl groups is 1. The molecule has 3 aromatic carbocycles. The lowest BCUT2D eigenvalue weighted by atomic mass is 9.95. The van der Waals surface area contributed by atoms with E-state index >= 15 is 0 Å². The fourth-order valence-electron chi connectivity index (χ4n) is 3.93. The maximum Gasteiger partial charge on any atom is 0.295 e. The van der Waals surface area contributed by atoms with E-state index < -0.39 is 23.5 Å². The van der Waals surface area contributed by atoms with Crippen molar-refractivity contribution in [1.29, 1.82) is 0 Å². The zero-order chi connectivity index (χ0) is 23.4. The molecule has 168 valence electrons. The van der Waals surface area contributed by atoms with E-state index in [0.717, 1.165) is 12.0 Å². The standard InChI is InChI=1S/C27H24FNO4/c1-2-15-33-22-10-6-9-20(16-22)24-23(25(30)19-11-13-21(28)14-12-19)26(31)27(32)29(24)17-18-7-4-3-5-8-18/h3-14,16,24,30H,2,15,17H2,1H3/b25-23-. The number of likely N-dealkylation sites (tertiary alicyclic amines) is 1. The lowest BCUT2D eigenvalue weighted by molar-refractivity contribution is -0.140. The molecule has 0 aliphatic carbocycles. The number of amides is 1. The molecule has 1 N–H and O–H groups in total. The van der Waals surface area contributed by atoms with Gasteiger partial charge < -0.3 is 14.7 Å². The Bertz CT molecular complexity index is 1190. The van der Waals surface area contributed by atoms with Gasteiger partial charge in [-0.2, -0.15) is 0 Å². The number of hydrogen-bond donors (Lipinski definition) is 1. The van der Waals surface area contributed by atoms with E-state index in [0.29, 0.717) is 17.9 Å². The van der Waals surface area contributed by atoms with Crippen LogP contribution in [0.5, 0.6) is 5.75 Å². The van der Waals surface area contributed by atoms with Crippen LogP contribution in [0.2, 0.25) is 0 Å². The van der Waals surface area contributed by atoms with E-state index in [1.807, 2.05) is 43.3 Å². The first kappa shape index (κ1) is 22.3. The topological polar surface area (TPSA) is 66.8 Å². The molecule has 1 heterocycles. The summed E-state index contributed by atoms with van der Waals surface area (Å²) in [7, 11) is 0. The Morgan fingerprint density at radius 3 is 2.42 bits per heavy atom. The van der Waals surface area contributed by atoms with Gasteiger partial charge in [0, 0.05) is 12.1 Å². The largest absolute Gasteiger partial charge is 0.507 e. The van der Waals surface area contributed by atoms with Crippen LogP contribution in [-0.4, -0.2) is 28.3 Å². The SMILES string of the molecule is CCCOc1cccc(C2/C(=C(/O)c3ccc(F)cc3)C(=O)C(=O)N2Cc2ccccc2)c1. The van der Waals surface area contributed by atoms with E-state index in [1.54, 1.807) is 18.2 Å². The molecule has 4 rings (SSSR count). The number of benzene rings is 3. The van der Waals surface area contributed by atoms with Crippen molar-refractivity contribution in [2.45, 2.75) is 25.9 Å². The summed E-state index contributed by atoms with van der Waals surface area (Å²) in [5.41, 5.74) is 1.72. The number of carbonyl (C=O) groups excluding carboxylic acids is 2. The third kappa shape index (κ3) is 4.65. The summed E-state index contributed by atoms with van der Waals surface area (Å²) in [6, 6.07) is 20.9. The van der Waals surface area contributed by atoms with Crippen molar-refractivity contribution >= 4 is 17.4 Å². The van der Waals surface area contributed by atoms with E-state index in [-0.39, 0.29) is 23.4 Å². The van der Waals surface area contributed by atoms with Gasteiger partial charge in [-0.15, -0.1) is 0 Å². The second-order valence-corrected chi connectivity index (χ2v) is 7.84.